The standard InChI is InChI=1S/C12H15FN4/c1-9(8-17-6-2-5-15-17)16-12-4-3-10(13)7-11(12)14/h2-7,9,16H,8,14H2,1H3. The predicted octanol–water partition coefficient (Wildman–Crippen LogP) is 2.10. The van der Waals surface area contributed by atoms with Gasteiger partial charge in [-0.15, -0.1) is 0 Å². The van der Waals surface area contributed by atoms with E-state index in [0.29, 0.717) is 5.69 Å². The Morgan fingerprint density at radius 3 is 3.00 bits per heavy atom. The molecule has 0 radical (unpaired) electrons. The molecule has 1 atom stereocenters. The lowest BCUT2D eigenvalue weighted by Crippen LogP contribution is -2.22. The molecule has 1 aromatic carbocycles. The second-order valence-electron chi connectivity index (χ2n) is 4.01. The van der Waals surface area contributed by atoms with Crippen molar-refractivity contribution in [1.29, 1.82) is 0 Å². The van der Waals surface area contributed by atoms with Crippen LogP contribution in [0.1, 0.15) is 6.92 Å². The maximum Gasteiger partial charge on any atom is 0.125 e. The molecule has 5 heteroatoms. The minimum atomic E-state index is -0.326. The number of hydrogen-bond donors (Lipinski definition) is 2. The summed E-state index contributed by atoms with van der Waals surface area (Å²) in [5, 5.41) is 7.34. The molecule has 4 nitrogen and oxygen atoms in total. The molecule has 1 heterocycles. The molecular weight excluding hydrogens is 219 g/mol. The number of rotatable bonds is 4. The smallest absolute Gasteiger partial charge is 0.125 e. The number of halogens is 1. The second-order valence-corrected chi connectivity index (χ2v) is 4.01. The summed E-state index contributed by atoms with van der Waals surface area (Å²) in [6.07, 6.45) is 3.63. The third-order valence-electron chi connectivity index (χ3n) is 2.44. The third-order valence-corrected chi connectivity index (χ3v) is 2.44. The highest BCUT2D eigenvalue weighted by molar-refractivity contribution is 5.66. The van der Waals surface area contributed by atoms with Crippen LogP contribution in [0.25, 0.3) is 0 Å². The lowest BCUT2D eigenvalue weighted by Gasteiger charge is -2.16. The van der Waals surface area contributed by atoms with Crippen molar-refractivity contribution < 1.29 is 4.39 Å². The van der Waals surface area contributed by atoms with Gasteiger partial charge in [-0.25, -0.2) is 4.39 Å². The molecule has 2 aromatic rings. The summed E-state index contributed by atoms with van der Waals surface area (Å²) in [6.45, 7) is 2.74. The van der Waals surface area contributed by atoms with E-state index in [-0.39, 0.29) is 11.9 Å². The van der Waals surface area contributed by atoms with Gasteiger partial charge in [-0.05, 0) is 31.2 Å². The van der Waals surface area contributed by atoms with Crippen molar-refractivity contribution in [2.75, 3.05) is 11.1 Å². The molecule has 0 aliphatic carbocycles. The molecule has 1 unspecified atom stereocenters. The molecule has 90 valence electrons. The Labute approximate surface area is 99.2 Å². The van der Waals surface area contributed by atoms with Crippen LogP contribution in [-0.4, -0.2) is 15.8 Å². The average molecular weight is 234 g/mol. The number of hydrogen-bond acceptors (Lipinski definition) is 3. The molecule has 0 aliphatic heterocycles. The van der Waals surface area contributed by atoms with Gasteiger partial charge in [0.05, 0.1) is 17.9 Å². The van der Waals surface area contributed by atoms with Gasteiger partial charge in [0.25, 0.3) is 0 Å². The van der Waals surface area contributed by atoms with Crippen LogP contribution in [0, 0.1) is 5.82 Å². The summed E-state index contributed by atoms with van der Waals surface area (Å²) in [5.41, 5.74) is 6.87. The minimum Gasteiger partial charge on any atom is -0.397 e. The monoisotopic (exact) mass is 234 g/mol. The highest BCUT2D eigenvalue weighted by Crippen LogP contribution is 2.20. The Bertz CT molecular complexity index is 481. The van der Waals surface area contributed by atoms with Crippen LogP contribution in [0.2, 0.25) is 0 Å². The normalized spacial score (nSPS) is 12.4. The number of nitrogens with one attached hydrogen (secondary N) is 1. The topological polar surface area (TPSA) is 55.9 Å². The Balaban J connectivity index is 2.00. The molecule has 2 rings (SSSR count). The van der Waals surface area contributed by atoms with E-state index in [1.165, 1.54) is 12.1 Å². The number of anilines is 2. The highest BCUT2D eigenvalue weighted by Gasteiger charge is 2.06. The van der Waals surface area contributed by atoms with Crippen molar-refractivity contribution in [3.8, 4) is 0 Å². The molecule has 0 saturated carbocycles. The molecule has 17 heavy (non-hydrogen) atoms. The fourth-order valence-corrected chi connectivity index (χ4v) is 1.67. The largest absolute Gasteiger partial charge is 0.397 e. The van der Waals surface area contributed by atoms with Gasteiger partial charge in [0.1, 0.15) is 5.82 Å². The summed E-state index contributed by atoms with van der Waals surface area (Å²) in [6, 6.07) is 6.37. The fraction of sp³-hybridized carbons (Fsp3) is 0.250. The Morgan fingerprint density at radius 2 is 2.35 bits per heavy atom. The van der Waals surface area contributed by atoms with Crippen molar-refractivity contribution >= 4 is 11.4 Å². The molecule has 0 amide bonds. The van der Waals surface area contributed by atoms with Crippen molar-refractivity contribution in [1.82, 2.24) is 9.78 Å². The number of nitrogens with two attached hydrogens (primary N) is 1. The predicted molar refractivity (Wildman–Crippen MR) is 66.1 cm³/mol. The van der Waals surface area contributed by atoms with Crippen LogP contribution in [-0.2, 0) is 6.54 Å². The van der Waals surface area contributed by atoms with E-state index in [2.05, 4.69) is 10.4 Å². The second kappa shape index (κ2) is 4.86. The molecule has 3 N–H and O–H groups in total. The summed E-state index contributed by atoms with van der Waals surface area (Å²) in [5.74, 6) is -0.326. The molecule has 0 saturated heterocycles. The maximum absolute atomic E-state index is 12.9. The van der Waals surface area contributed by atoms with Gasteiger partial charge in [0, 0.05) is 18.4 Å². The van der Waals surface area contributed by atoms with Gasteiger partial charge in [-0.2, -0.15) is 5.10 Å². The van der Waals surface area contributed by atoms with E-state index >= 15 is 0 Å². The lowest BCUT2D eigenvalue weighted by atomic mass is 10.2. The van der Waals surface area contributed by atoms with E-state index < -0.39 is 0 Å². The zero-order valence-corrected chi connectivity index (χ0v) is 9.60. The van der Waals surface area contributed by atoms with Gasteiger partial charge in [-0.1, -0.05) is 0 Å². The summed E-state index contributed by atoms with van der Waals surface area (Å²) in [7, 11) is 0. The number of benzene rings is 1. The van der Waals surface area contributed by atoms with Gasteiger partial charge >= 0.3 is 0 Å². The van der Waals surface area contributed by atoms with Crippen molar-refractivity contribution in [3.63, 3.8) is 0 Å². The highest BCUT2D eigenvalue weighted by atomic mass is 19.1. The van der Waals surface area contributed by atoms with E-state index in [1.807, 2.05) is 23.9 Å². The fourth-order valence-electron chi connectivity index (χ4n) is 1.67. The third kappa shape index (κ3) is 2.96. The van der Waals surface area contributed by atoms with Crippen molar-refractivity contribution in [2.45, 2.75) is 19.5 Å². The summed E-state index contributed by atoms with van der Waals surface area (Å²) >= 11 is 0. The minimum absolute atomic E-state index is 0.155. The Kier molecular flexibility index (Phi) is 3.27. The van der Waals surface area contributed by atoms with Crippen LogP contribution >= 0.6 is 0 Å². The first-order valence-corrected chi connectivity index (χ1v) is 5.44. The van der Waals surface area contributed by atoms with Crippen LogP contribution in [0.3, 0.4) is 0 Å². The van der Waals surface area contributed by atoms with Crippen molar-refractivity contribution in [2.24, 2.45) is 0 Å². The van der Waals surface area contributed by atoms with Crippen molar-refractivity contribution in [3.05, 3.63) is 42.5 Å². The van der Waals surface area contributed by atoms with Gasteiger partial charge in [0.15, 0.2) is 0 Å². The zero-order chi connectivity index (χ0) is 12.3. The Hall–Kier alpha value is -2.04. The summed E-state index contributed by atoms with van der Waals surface area (Å²) < 4.78 is 14.7. The van der Waals surface area contributed by atoms with Crippen LogP contribution in [0.15, 0.2) is 36.7 Å². The SMILES string of the molecule is CC(Cn1cccn1)Nc1ccc(F)cc1N. The number of nitrogens with zero attached hydrogens (tertiary/aromatic N) is 2. The first-order valence-electron chi connectivity index (χ1n) is 5.44. The van der Waals surface area contributed by atoms with Gasteiger partial charge < -0.3 is 11.1 Å². The van der Waals surface area contributed by atoms with Gasteiger partial charge in [-0.3, -0.25) is 4.68 Å². The zero-order valence-electron chi connectivity index (χ0n) is 9.60. The average Bonchev–Trinajstić information content (AvgIpc) is 2.75. The maximum atomic E-state index is 12.9. The molecule has 0 aliphatic rings. The molecule has 0 fully saturated rings. The molecule has 0 bridgehead atoms. The number of nitrogen functional groups attached to an aromatic ring is 1. The molecular formula is C12H15FN4. The molecule has 1 aromatic heterocycles. The van der Waals surface area contributed by atoms with Crippen LogP contribution < -0.4 is 11.1 Å². The number of aromatic nitrogens is 2. The van der Waals surface area contributed by atoms with Crippen LogP contribution in [0.5, 0.6) is 0 Å². The molecule has 0 spiro atoms. The lowest BCUT2D eigenvalue weighted by molar-refractivity contribution is 0.561. The quantitative estimate of drug-likeness (QED) is 0.796. The first-order chi connectivity index (χ1) is 8.15. The van der Waals surface area contributed by atoms with Crippen LogP contribution in [0.4, 0.5) is 15.8 Å². The summed E-state index contributed by atoms with van der Waals surface area (Å²) in [4.78, 5) is 0. The van der Waals surface area contributed by atoms with E-state index in [0.717, 1.165) is 12.2 Å². The van der Waals surface area contributed by atoms with Gasteiger partial charge in [0.2, 0.25) is 0 Å². The van der Waals surface area contributed by atoms with E-state index in [9.17, 15) is 4.39 Å². The van der Waals surface area contributed by atoms with E-state index in [4.69, 9.17) is 5.73 Å². The Morgan fingerprint density at radius 1 is 1.53 bits per heavy atom. The van der Waals surface area contributed by atoms with E-state index in [1.54, 1.807) is 12.3 Å². The first kappa shape index (κ1) is 11.4.